The van der Waals surface area contributed by atoms with Crippen LogP contribution in [0.5, 0.6) is 0 Å². The Kier molecular flexibility index (Phi) is 49.5. The first-order valence-electron chi connectivity index (χ1n) is 25.8. The van der Waals surface area contributed by atoms with E-state index in [1.165, 1.54) is 103 Å². The Labute approximate surface area is 383 Å². The van der Waals surface area contributed by atoms with E-state index in [0.29, 0.717) is 25.9 Å². The van der Waals surface area contributed by atoms with Gasteiger partial charge in [0.05, 0.1) is 6.61 Å². The molecule has 0 aliphatic carbocycles. The predicted molar refractivity (Wildman–Crippen MR) is 270 cm³/mol. The van der Waals surface area contributed by atoms with Crippen molar-refractivity contribution in [1.82, 2.24) is 0 Å². The zero-order chi connectivity index (χ0) is 44.9. The first-order valence-corrected chi connectivity index (χ1v) is 25.8. The van der Waals surface area contributed by atoms with Crippen molar-refractivity contribution in [3.63, 3.8) is 0 Å². The highest BCUT2D eigenvalue weighted by molar-refractivity contribution is 5.70. The van der Waals surface area contributed by atoms with Crippen molar-refractivity contribution in [3.8, 4) is 0 Å². The van der Waals surface area contributed by atoms with Crippen LogP contribution in [0.2, 0.25) is 0 Å². The predicted octanol–water partition coefficient (Wildman–Crippen LogP) is 17.5. The zero-order valence-electron chi connectivity index (χ0n) is 40.6. The molecule has 1 unspecified atom stereocenters. The van der Waals surface area contributed by atoms with Crippen LogP contribution in [0.25, 0.3) is 0 Å². The highest BCUT2D eigenvalue weighted by Gasteiger charge is 2.17. The standard InChI is InChI=1S/C57H96O5/c1-4-7-10-13-16-19-22-25-27-28-29-31-34-37-40-43-46-49-52-60-53-55(62-57(59)51-48-45-42-39-36-32-24-21-18-15-12-9-6-3)54-61-56(58)50-47-44-41-38-35-33-30-26-23-20-17-14-11-8-5-2/h8-9,11-12,17-18,20-21,25-27,30,32,36,42,45,55H,4-7,10,13-16,19,22-24,28-29,31,33-35,37-41,43-44,46-54H2,1-3H3/b11-8-,12-9-,20-17-,21-18-,27-25-,30-26-,36-32-,45-42-. The lowest BCUT2D eigenvalue weighted by Crippen LogP contribution is -2.30. The molecular weight excluding hydrogens is 765 g/mol. The molecule has 62 heavy (non-hydrogen) atoms. The summed E-state index contributed by atoms with van der Waals surface area (Å²) in [5, 5.41) is 0. The largest absolute Gasteiger partial charge is 0.462 e. The van der Waals surface area contributed by atoms with Crippen molar-refractivity contribution in [3.05, 3.63) is 97.2 Å². The van der Waals surface area contributed by atoms with Crippen molar-refractivity contribution in [2.24, 2.45) is 0 Å². The minimum atomic E-state index is -0.587. The van der Waals surface area contributed by atoms with E-state index in [1.54, 1.807) is 0 Å². The van der Waals surface area contributed by atoms with E-state index in [9.17, 15) is 9.59 Å². The molecular formula is C57H96O5. The Hall–Kier alpha value is -3.18. The third-order valence-electron chi connectivity index (χ3n) is 10.6. The van der Waals surface area contributed by atoms with Crippen LogP contribution in [-0.4, -0.2) is 37.9 Å². The Morgan fingerprint density at radius 2 is 0.758 bits per heavy atom. The fraction of sp³-hybridized carbons (Fsp3) is 0.684. The number of hydrogen-bond donors (Lipinski definition) is 0. The monoisotopic (exact) mass is 861 g/mol. The van der Waals surface area contributed by atoms with Gasteiger partial charge >= 0.3 is 11.9 Å². The van der Waals surface area contributed by atoms with E-state index < -0.39 is 6.10 Å². The van der Waals surface area contributed by atoms with Crippen LogP contribution in [0, 0.1) is 0 Å². The third-order valence-corrected chi connectivity index (χ3v) is 10.6. The van der Waals surface area contributed by atoms with Crippen molar-refractivity contribution in [2.45, 2.75) is 232 Å². The molecule has 5 nitrogen and oxygen atoms in total. The molecule has 0 aromatic rings. The van der Waals surface area contributed by atoms with Crippen LogP contribution >= 0.6 is 0 Å². The van der Waals surface area contributed by atoms with Crippen molar-refractivity contribution < 1.29 is 23.8 Å². The minimum absolute atomic E-state index is 0.0421. The second-order valence-corrected chi connectivity index (χ2v) is 16.7. The van der Waals surface area contributed by atoms with Gasteiger partial charge in [0.15, 0.2) is 6.10 Å². The molecule has 0 radical (unpaired) electrons. The number of carbonyl (C=O) groups excluding carboxylic acids is 2. The SMILES string of the molecule is CC/C=C\C/C=C\C/C=C\C/C=C\CCC(=O)OC(COCCCCCCCCCC/C=C\CCCCCCCC)COC(=O)CCCCCCC/C=C\C/C=C\C/C=C\CC. The van der Waals surface area contributed by atoms with E-state index in [2.05, 4.69) is 112 Å². The molecule has 0 aromatic carbocycles. The summed E-state index contributed by atoms with van der Waals surface area (Å²) in [6.07, 6.45) is 70.0. The lowest BCUT2D eigenvalue weighted by atomic mass is 10.1. The van der Waals surface area contributed by atoms with E-state index >= 15 is 0 Å². The van der Waals surface area contributed by atoms with Crippen LogP contribution in [0.4, 0.5) is 0 Å². The van der Waals surface area contributed by atoms with Gasteiger partial charge in [0.25, 0.3) is 0 Å². The second-order valence-electron chi connectivity index (χ2n) is 16.7. The molecule has 0 heterocycles. The van der Waals surface area contributed by atoms with Gasteiger partial charge in [-0.2, -0.15) is 0 Å². The van der Waals surface area contributed by atoms with E-state index in [-0.39, 0.29) is 25.2 Å². The highest BCUT2D eigenvalue weighted by Crippen LogP contribution is 2.13. The van der Waals surface area contributed by atoms with Gasteiger partial charge in [-0.05, 0) is 103 Å². The molecule has 0 spiro atoms. The van der Waals surface area contributed by atoms with Crippen LogP contribution in [-0.2, 0) is 23.8 Å². The first kappa shape index (κ1) is 58.8. The fourth-order valence-corrected chi connectivity index (χ4v) is 6.83. The van der Waals surface area contributed by atoms with Crippen LogP contribution in [0.15, 0.2) is 97.2 Å². The summed E-state index contributed by atoms with van der Waals surface area (Å²) >= 11 is 0. The summed E-state index contributed by atoms with van der Waals surface area (Å²) in [4.78, 5) is 25.3. The molecule has 0 saturated heterocycles. The number of esters is 2. The Balaban J connectivity index is 4.37. The lowest BCUT2D eigenvalue weighted by Gasteiger charge is -2.18. The Morgan fingerprint density at radius 1 is 0.371 bits per heavy atom. The summed E-state index contributed by atoms with van der Waals surface area (Å²) in [6.45, 7) is 7.49. The molecule has 0 aliphatic rings. The topological polar surface area (TPSA) is 61.8 Å². The maximum Gasteiger partial charge on any atom is 0.306 e. The maximum atomic E-state index is 12.7. The van der Waals surface area contributed by atoms with Gasteiger partial charge in [0.1, 0.15) is 6.61 Å². The van der Waals surface area contributed by atoms with Gasteiger partial charge in [-0.3, -0.25) is 9.59 Å². The van der Waals surface area contributed by atoms with Crippen LogP contribution < -0.4 is 0 Å². The number of hydrogen-bond acceptors (Lipinski definition) is 5. The molecule has 0 saturated carbocycles. The summed E-state index contributed by atoms with van der Waals surface area (Å²) in [7, 11) is 0. The number of unbranched alkanes of at least 4 members (excludes halogenated alkanes) is 19. The summed E-state index contributed by atoms with van der Waals surface area (Å²) in [5.41, 5.74) is 0. The summed E-state index contributed by atoms with van der Waals surface area (Å²) < 4.78 is 17.3. The van der Waals surface area contributed by atoms with Gasteiger partial charge in [0, 0.05) is 19.4 Å². The molecule has 354 valence electrons. The van der Waals surface area contributed by atoms with Gasteiger partial charge in [-0.15, -0.1) is 0 Å². The lowest BCUT2D eigenvalue weighted by molar-refractivity contribution is -0.162. The number of ether oxygens (including phenoxy) is 3. The van der Waals surface area contributed by atoms with Gasteiger partial charge in [0.2, 0.25) is 0 Å². The zero-order valence-corrected chi connectivity index (χ0v) is 40.6. The fourth-order valence-electron chi connectivity index (χ4n) is 6.83. The third kappa shape index (κ3) is 49.5. The van der Waals surface area contributed by atoms with Crippen molar-refractivity contribution >= 4 is 11.9 Å². The maximum absolute atomic E-state index is 12.7. The van der Waals surface area contributed by atoms with Gasteiger partial charge in [-0.25, -0.2) is 0 Å². The molecule has 0 aromatic heterocycles. The van der Waals surface area contributed by atoms with E-state index in [4.69, 9.17) is 14.2 Å². The normalized spacial score (nSPS) is 13.0. The molecule has 0 amide bonds. The van der Waals surface area contributed by atoms with E-state index in [1.807, 2.05) is 6.08 Å². The van der Waals surface area contributed by atoms with Crippen molar-refractivity contribution in [2.75, 3.05) is 19.8 Å². The number of allylic oxidation sites excluding steroid dienone is 16. The van der Waals surface area contributed by atoms with Gasteiger partial charge in [-0.1, -0.05) is 208 Å². The number of carbonyl (C=O) groups is 2. The molecule has 0 aliphatic heterocycles. The summed E-state index contributed by atoms with van der Waals surface area (Å²) in [6, 6.07) is 0. The highest BCUT2D eigenvalue weighted by atomic mass is 16.6. The molecule has 0 N–H and O–H groups in total. The average molecular weight is 861 g/mol. The second kappa shape index (κ2) is 52.2. The van der Waals surface area contributed by atoms with E-state index in [0.717, 1.165) is 83.5 Å². The quantitative estimate of drug-likeness (QED) is 0.0347. The molecule has 0 rings (SSSR count). The van der Waals surface area contributed by atoms with Crippen molar-refractivity contribution in [1.29, 1.82) is 0 Å². The minimum Gasteiger partial charge on any atom is -0.462 e. The first-order chi connectivity index (χ1) is 30.6. The van der Waals surface area contributed by atoms with Gasteiger partial charge < -0.3 is 14.2 Å². The molecule has 1 atom stereocenters. The average Bonchev–Trinajstić information content (AvgIpc) is 3.27. The molecule has 0 bridgehead atoms. The van der Waals surface area contributed by atoms with Crippen LogP contribution in [0.3, 0.4) is 0 Å². The summed E-state index contributed by atoms with van der Waals surface area (Å²) in [5.74, 6) is -0.514. The Morgan fingerprint density at radius 3 is 1.24 bits per heavy atom. The van der Waals surface area contributed by atoms with Crippen LogP contribution in [0.1, 0.15) is 226 Å². The molecule has 0 fully saturated rings. The Bertz CT molecular complexity index is 1200. The smallest absolute Gasteiger partial charge is 0.306 e. The molecule has 5 heteroatoms. The number of rotatable bonds is 46.